The van der Waals surface area contributed by atoms with Crippen molar-refractivity contribution in [3.8, 4) is 0 Å². The average Bonchev–Trinajstić information content (AvgIpc) is 2.62. The topological polar surface area (TPSA) is 139 Å². The summed E-state index contributed by atoms with van der Waals surface area (Å²) in [5, 5.41) is 6.32. The summed E-state index contributed by atoms with van der Waals surface area (Å²) in [5.74, 6) is 0. The van der Waals surface area contributed by atoms with Crippen molar-refractivity contribution in [1.29, 1.82) is 0 Å². The standard InChI is InChI=1S/C7H17NO7P2.2Na.2H/c9-7(16(10,11)12,17(13,14)15)3-6-8-4-1-2-5-8;;;;/h9H,1-6H2,(H2,10,11,12)(H2,13,14,15);;;;. The Morgan fingerprint density at radius 2 is 1.32 bits per heavy atom. The van der Waals surface area contributed by atoms with Gasteiger partial charge in [0.05, 0.1) is 0 Å². The van der Waals surface area contributed by atoms with Crippen LogP contribution in [0.5, 0.6) is 0 Å². The summed E-state index contributed by atoms with van der Waals surface area (Å²) >= 11 is 0. The molecule has 0 aromatic heterocycles. The second kappa shape index (κ2) is 8.75. The molecule has 0 aromatic carbocycles. The molecular formula is C7H19NNa2O7P2. The van der Waals surface area contributed by atoms with Gasteiger partial charge < -0.3 is 29.6 Å². The van der Waals surface area contributed by atoms with Crippen LogP contribution in [0.2, 0.25) is 0 Å². The van der Waals surface area contributed by atoms with Gasteiger partial charge in [0, 0.05) is 13.0 Å². The molecule has 1 aliphatic heterocycles. The van der Waals surface area contributed by atoms with Gasteiger partial charge in [0.15, 0.2) is 0 Å². The summed E-state index contributed by atoms with van der Waals surface area (Å²) in [4.78, 5) is 37.4. The summed E-state index contributed by atoms with van der Waals surface area (Å²) < 4.78 is 22.1. The third-order valence-corrected chi connectivity index (χ3v) is 6.77. The Hall–Kier alpha value is 2.22. The minimum atomic E-state index is -5.30. The fourth-order valence-electron chi connectivity index (χ4n) is 1.78. The summed E-state index contributed by atoms with van der Waals surface area (Å²) in [7, 11) is -10.6. The van der Waals surface area contributed by atoms with E-state index in [1.165, 1.54) is 0 Å². The zero-order valence-electron chi connectivity index (χ0n) is 9.14. The molecule has 0 amide bonds. The van der Waals surface area contributed by atoms with Crippen LogP contribution >= 0.6 is 15.2 Å². The predicted molar refractivity (Wildman–Crippen MR) is 73.6 cm³/mol. The number of hydrogen-bond acceptors (Lipinski definition) is 4. The monoisotopic (exact) mass is 337 g/mol. The second-order valence-corrected chi connectivity index (χ2v) is 8.17. The number of likely N-dealkylation sites (tertiary alicyclic amines) is 1. The van der Waals surface area contributed by atoms with Crippen LogP contribution < -0.4 is 0 Å². The third kappa shape index (κ3) is 6.08. The molecule has 106 valence electrons. The quantitative estimate of drug-likeness (QED) is 0.292. The molecule has 0 saturated carbocycles. The van der Waals surface area contributed by atoms with E-state index in [1.807, 2.05) is 0 Å². The van der Waals surface area contributed by atoms with Gasteiger partial charge in [-0.2, -0.15) is 0 Å². The van der Waals surface area contributed by atoms with E-state index in [-0.39, 0.29) is 65.7 Å². The SMILES string of the molecule is O=P(O)(O)C(O)(CCN1CCCC1)P(=O)(O)O.[NaH].[NaH]. The van der Waals surface area contributed by atoms with Crippen molar-refractivity contribution in [2.45, 2.75) is 24.3 Å². The Morgan fingerprint density at radius 1 is 0.947 bits per heavy atom. The van der Waals surface area contributed by atoms with Crippen LogP contribution in [-0.4, -0.2) is 113 Å². The third-order valence-electron chi connectivity index (χ3n) is 2.90. The van der Waals surface area contributed by atoms with Gasteiger partial charge in [-0.3, -0.25) is 9.13 Å². The molecule has 1 rings (SSSR count). The maximum absolute atomic E-state index is 11.0. The van der Waals surface area contributed by atoms with Gasteiger partial charge in [-0.1, -0.05) is 0 Å². The van der Waals surface area contributed by atoms with Crippen molar-refractivity contribution in [1.82, 2.24) is 4.90 Å². The number of nitrogens with zero attached hydrogens (tertiary/aromatic N) is 1. The van der Waals surface area contributed by atoms with Gasteiger partial charge in [-0.15, -0.1) is 0 Å². The summed E-state index contributed by atoms with van der Waals surface area (Å²) in [6, 6.07) is 0. The molecule has 0 bridgehead atoms. The van der Waals surface area contributed by atoms with Crippen LogP contribution in [0.15, 0.2) is 0 Å². The Balaban J connectivity index is 0. The molecular weight excluding hydrogens is 318 g/mol. The molecule has 0 radical (unpaired) electrons. The molecule has 19 heavy (non-hydrogen) atoms. The van der Waals surface area contributed by atoms with Crippen molar-refractivity contribution in [3.05, 3.63) is 0 Å². The van der Waals surface area contributed by atoms with E-state index in [0.29, 0.717) is 13.1 Å². The Kier molecular flexibility index (Phi) is 10.8. The Morgan fingerprint density at radius 3 is 1.63 bits per heavy atom. The van der Waals surface area contributed by atoms with Crippen LogP contribution in [-0.2, 0) is 9.13 Å². The van der Waals surface area contributed by atoms with Crippen molar-refractivity contribution in [2.75, 3.05) is 19.6 Å². The van der Waals surface area contributed by atoms with E-state index >= 15 is 0 Å². The fraction of sp³-hybridized carbons (Fsp3) is 1.00. The van der Waals surface area contributed by atoms with Gasteiger partial charge in [0.1, 0.15) is 0 Å². The second-order valence-electron chi connectivity index (χ2n) is 4.16. The van der Waals surface area contributed by atoms with Gasteiger partial charge in [0.2, 0.25) is 0 Å². The first-order valence-electron chi connectivity index (χ1n) is 5.14. The van der Waals surface area contributed by atoms with Crippen molar-refractivity contribution in [3.63, 3.8) is 0 Å². The Bertz CT molecular complexity index is 342. The molecule has 1 heterocycles. The van der Waals surface area contributed by atoms with Gasteiger partial charge in [-0.05, 0) is 25.9 Å². The molecule has 1 fully saturated rings. The molecule has 5 N–H and O–H groups in total. The zero-order chi connectivity index (χ0) is 13.3. The molecule has 0 spiro atoms. The predicted octanol–water partition coefficient (Wildman–Crippen LogP) is -1.82. The first kappa shape index (κ1) is 23.5. The summed E-state index contributed by atoms with van der Waals surface area (Å²) in [6.07, 6.45) is 1.22. The molecule has 0 unspecified atom stereocenters. The molecule has 0 atom stereocenters. The van der Waals surface area contributed by atoms with Crippen molar-refractivity contribution < 1.29 is 33.8 Å². The average molecular weight is 337 g/mol. The summed E-state index contributed by atoms with van der Waals surface area (Å²) in [6.45, 7) is 1.46. The molecule has 0 aromatic rings. The van der Waals surface area contributed by atoms with Crippen molar-refractivity contribution >= 4 is 74.3 Å². The molecule has 0 aliphatic carbocycles. The number of aliphatic hydroxyl groups is 1. The van der Waals surface area contributed by atoms with Crippen LogP contribution in [0.3, 0.4) is 0 Å². The maximum atomic E-state index is 11.0. The first-order valence-corrected chi connectivity index (χ1v) is 8.36. The van der Waals surface area contributed by atoms with E-state index < -0.39 is 26.7 Å². The van der Waals surface area contributed by atoms with E-state index in [1.54, 1.807) is 4.90 Å². The molecule has 1 saturated heterocycles. The van der Waals surface area contributed by atoms with Crippen LogP contribution in [0.25, 0.3) is 0 Å². The van der Waals surface area contributed by atoms with Crippen molar-refractivity contribution in [2.24, 2.45) is 0 Å². The van der Waals surface area contributed by atoms with Gasteiger partial charge in [-0.25, -0.2) is 0 Å². The Labute approximate surface area is 155 Å². The molecule has 1 aliphatic rings. The fourth-order valence-corrected chi connectivity index (χ4v) is 3.92. The van der Waals surface area contributed by atoms with E-state index in [4.69, 9.17) is 19.6 Å². The molecule has 8 nitrogen and oxygen atoms in total. The summed E-state index contributed by atoms with van der Waals surface area (Å²) in [5.41, 5.74) is 0. The molecule has 12 heteroatoms. The van der Waals surface area contributed by atoms with Gasteiger partial charge >= 0.3 is 74.3 Å². The van der Waals surface area contributed by atoms with E-state index in [9.17, 15) is 14.2 Å². The number of rotatable bonds is 5. The normalized spacial score (nSPS) is 17.7. The number of hydrogen-bond donors (Lipinski definition) is 5. The van der Waals surface area contributed by atoms with E-state index in [2.05, 4.69) is 0 Å². The zero-order valence-corrected chi connectivity index (χ0v) is 10.9. The minimum absolute atomic E-state index is 0. The first-order chi connectivity index (χ1) is 7.58. The van der Waals surface area contributed by atoms with Crippen LogP contribution in [0, 0.1) is 0 Å². The van der Waals surface area contributed by atoms with E-state index in [0.717, 1.165) is 12.8 Å². The van der Waals surface area contributed by atoms with Gasteiger partial charge in [0.25, 0.3) is 5.08 Å². The van der Waals surface area contributed by atoms with Crippen LogP contribution in [0.4, 0.5) is 0 Å². The van der Waals surface area contributed by atoms with Crippen LogP contribution in [0.1, 0.15) is 19.3 Å².